The summed E-state index contributed by atoms with van der Waals surface area (Å²) in [5.41, 5.74) is 7.58. The van der Waals surface area contributed by atoms with Gasteiger partial charge in [0.15, 0.2) is 5.12 Å². The number of azide groups is 1. The van der Waals surface area contributed by atoms with Crippen molar-refractivity contribution in [2.75, 3.05) is 0 Å². The average molecular weight is 299 g/mol. The van der Waals surface area contributed by atoms with E-state index >= 15 is 0 Å². The summed E-state index contributed by atoms with van der Waals surface area (Å²) in [6, 6.07) is 1.37. The molecule has 0 saturated heterocycles. The van der Waals surface area contributed by atoms with Gasteiger partial charge in [-0.05, 0) is 34.9 Å². The zero-order chi connectivity index (χ0) is 15.3. The Morgan fingerprint density at radius 3 is 2.60 bits per heavy atom. The van der Waals surface area contributed by atoms with Crippen molar-refractivity contribution in [3.05, 3.63) is 39.8 Å². The van der Waals surface area contributed by atoms with E-state index in [2.05, 4.69) is 10.0 Å². The second-order valence-electron chi connectivity index (χ2n) is 3.99. The topological polar surface area (TPSA) is 82.9 Å². The minimum absolute atomic E-state index is 0.173. The van der Waals surface area contributed by atoms with Gasteiger partial charge in [0.1, 0.15) is 11.6 Å². The van der Waals surface area contributed by atoms with Gasteiger partial charge in [0.2, 0.25) is 0 Å². The lowest BCUT2D eigenvalue weighted by Crippen LogP contribution is -2.06. The van der Waals surface area contributed by atoms with Crippen molar-refractivity contribution < 1.29 is 18.4 Å². The first kappa shape index (κ1) is 16.1. The minimum Gasteiger partial charge on any atom is -0.287 e. The van der Waals surface area contributed by atoms with Gasteiger partial charge in [-0.25, -0.2) is 8.78 Å². The molecule has 20 heavy (non-hydrogen) atoms. The van der Waals surface area contributed by atoms with Crippen LogP contribution in [0.25, 0.3) is 10.4 Å². The summed E-state index contributed by atoms with van der Waals surface area (Å²) in [4.78, 5) is 25.1. The Bertz CT molecular complexity index is 601. The first-order valence-corrected chi connectivity index (χ1v) is 6.52. The van der Waals surface area contributed by atoms with Crippen molar-refractivity contribution in [3.63, 3.8) is 0 Å². The van der Waals surface area contributed by atoms with Crippen LogP contribution in [-0.2, 0) is 4.79 Å². The molecule has 0 spiro atoms. The SMILES string of the molecule is CCC(C)C(=O)Sc1cc(C(=O)N=[N+]=[N-])c(F)cc1F. The summed E-state index contributed by atoms with van der Waals surface area (Å²) in [5, 5.41) is 2.45. The third-order valence-electron chi connectivity index (χ3n) is 2.61. The zero-order valence-corrected chi connectivity index (χ0v) is 11.6. The molecule has 0 radical (unpaired) electrons. The van der Waals surface area contributed by atoms with E-state index in [9.17, 15) is 18.4 Å². The average Bonchev–Trinajstić information content (AvgIpc) is 2.40. The van der Waals surface area contributed by atoms with Crippen LogP contribution in [0.15, 0.2) is 22.1 Å². The predicted octanol–water partition coefficient (Wildman–Crippen LogP) is 4.08. The molecule has 1 amide bonds. The maximum Gasteiger partial charge on any atom is 0.252 e. The van der Waals surface area contributed by atoms with E-state index in [1.165, 1.54) is 0 Å². The normalized spacial score (nSPS) is 11.6. The Hall–Kier alpha value is -1.92. The quantitative estimate of drug-likeness (QED) is 0.363. The molecule has 0 fully saturated rings. The summed E-state index contributed by atoms with van der Waals surface area (Å²) in [6.07, 6.45) is 0.583. The van der Waals surface area contributed by atoms with Gasteiger partial charge in [-0.15, -0.1) is 0 Å². The summed E-state index contributed by atoms with van der Waals surface area (Å²) >= 11 is 0.594. The molecule has 1 aromatic carbocycles. The van der Waals surface area contributed by atoms with Crippen molar-refractivity contribution >= 4 is 22.8 Å². The molecule has 1 aromatic rings. The molecule has 1 atom stereocenters. The predicted molar refractivity (Wildman–Crippen MR) is 70.2 cm³/mol. The van der Waals surface area contributed by atoms with Gasteiger partial charge in [-0.1, -0.05) is 13.8 Å². The highest BCUT2D eigenvalue weighted by Crippen LogP contribution is 2.28. The molecule has 1 rings (SSSR count). The summed E-state index contributed by atoms with van der Waals surface area (Å²) in [7, 11) is 0. The van der Waals surface area contributed by atoms with Crippen molar-refractivity contribution in [1.29, 1.82) is 0 Å². The van der Waals surface area contributed by atoms with Gasteiger partial charge in [0.25, 0.3) is 5.91 Å². The van der Waals surface area contributed by atoms with Gasteiger partial charge in [0, 0.05) is 16.9 Å². The number of benzene rings is 1. The molecule has 0 aliphatic rings. The zero-order valence-electron chi connectivity index (χ0n) is 10.8. The largest absolute Gasteiger partial charge is 0.287 e. The summed E-state index contributed by atoms with van der Waals surface area (Å²) in [5.74, 6) is -3.54. The number of hydrogen-bond donors (Lipinski definition) is 0. The number of hydrogen-bond acceptors (Lipinski definition) is 3. The first-order valence-electron chi connectivity index (χ1n) is 5.70. The molecule has 0 aliphatic carbocycles. The Labute approximate surface area is 118 Å². The number of thioether (sulfide) groups is 1. The maximum absolute atomic E-state index is 13.6. The van der Waals surface area contributed by atoms with Crippen LogP contribution < -0.4 is 0 Å². The lowest BCUT2D eigenvalue weighted by atomic mass is 10.1. The Balaban J connectivity index is 3.15. The van der Waals surface area contributed by atoms with Crippen LogP contribution in [0.1, 0.15) is 30.6 Å². The maximum atomic E-state index is 13.6. The Morgan fingerprint density at radius 1 is 1.40 bits per heavy atom. The first-order chi connectivity index (χ1) is 9.40. The fraction of sp³-hybridized carbons (Fsp3) is 0.333. The molecule has 0 bridgehead atoms. The number of amides is 1. The number of carbonyl (C=O) groups is 2. The molecule has 8 heteroatoms. The van der Waals surface area contributed by atoms with Crippen molar-refractivity contribution in [2.24, 2.45) is 11.0 Å². The standard InChI is InChI=1S/C12H11F2N3O2S/c1-3-6(2)12(19)20-10-4-7(11(18)16-17-15)8(13)5-9(10)14/h4-6H,3H2,1-2H3. The molecular formula is C12H11F2N3O2S. The molecule has 1 unspecified atom stereocenters. The highest BCUT2D eigenvalue weighted by atomic mass is 32.2. The number of halogens is 2. The third kappa shape index (κ3) is 3.79. The van der Waals surface area contributed by atoms with Crippen LogP contribution in [0, 0.1) is 17.6 Å². The van der Waals surface area contributed by atoms with E-state index in [-0.39, 0.29) is 15.9 Å². The molecule has 0 heterocycles. The van der Waals surface area contributed by atoms with E-state index in [0.717, 1.165) is 6.07 Å². The second-order valence-corrected chi connectivity index (χ2v) is 5.03. The number of rotatable bonds is 4. The molecule has 106 valence electrons. The van der Waals surface area contributed by atoms with Crippen LogP contribution in [-0.4, -0.2) is 11.0 Å². The van der Waals surface area contributed by atoms with Gasteiger partial charge in [0.05, 0.1) is 10.5 Å². The van der Waals surface area contributed by atoms with Gasteiger partial charge >= 0.3 is 0 Å². The number of nitrogens with zero attached hydrogens (tertiary/aromatic N) is 3. The Kier molecular flexibility index (Phi) is 5.66. The van der Waals surface area contributed by atoms with E-state index in [0.29, 0.717) is 24.2 Å². The fourth-order valence-corrected chi connectivity index (χ4v) is 2.16. The summed E-state index contributed by atoms with van der Waals surface area (Å²) in [6.45, 7) is 3.49. The molecular weight excluding hydrogens is 288 g/mol. The van der Waals surface area contributed by atoms with Gasteiger partial charge in [-0.3, -0.25) is 9.59 Å². The van der Waals surface area contributed by atoms with E-state index in [1.807, 2.05) is 0 Å². The Morgan fingerprint density at radius 2 is 2.05 bits per heavy atom. The second kappa shape index (κ2) is 7.02. The smallest absolute Gasteiger partial charge is 0.252 e. The molecule has 0 saturated carbocycles. The van der Waals surface area contributed by atoms with Crippen molar-refractivity contribution in [2.45, 2.75) is 25.2 Å². The van der Waals surface area contributed by atoms with Crippen LogP contribution in [0.5, 0.6) is 0 Å². The lowest BCUT2D eigenvalue weighted by Gasteiger charge is -2.08. The molecule has 0 N–H and O–H groups in total. The highest BCUT2D eigenvalue weighted by Gasteiger charge is 2.19. The molecule has 0 aromatic heterocycles. The summed E-state index contributed by atoms with van der Waals surface area (Å²) < 4.78 is 27.0. The van der Waals surface area contributed by atoms with E-state index in [4.69, 9.17) is 5.53 Å². The number of carbonyl (C=O) groups excluding carboxylic acids is 2. The van der Waals surface area contributed by atoms with Crippen LogP contribution in [0.3, 0.4) is 0 Å². The highest BCUT2D eigenvalue weighted by molar-refractivity contribution is 8.13. The van der Waals surface area contributed by atoms with E-state index < -0.39 is 23.1 Å². The van der Waals surface area contributed by atoms with E-state index in [1.54, 1.807) is 13.8 Å². The lowest BCUT2D eigenvalue weighted by molar-refractivity contribution is -0.114. The van der Waals surface area contributed by atoms with Crippen molar-refractivity contribution in [1.82, 2.24) is 0 Å². The molecule has 0 aliphatic heterocycles. The van der Waals surface area contributed by atoms with Gasteiger partial charge < -0.3 is 0 Å². The van der Waals surface area contributed by atoms with Crippen molar-refractivity contribution in [3.8, 4) is 0 Å². The minimum atomic E-state index is -1.16. The van der Waals surface area contributed by atoms with Crippen LogP contribution >= 0.6 is 11.8 Å². The monoisotopic (exact) mass is 299 g/mol. The third-order valence-corrected chi connectivity index (χ3v) is 3.75. The fourth-order valence-electron chi connectivity index (χ4n) is 1.24. The van der Waals surface area contributed by atoms with Crippen LogP contribution in [0.2, 0.25) is 0 Å². The van der Waals surface area contributed by atoms with Gasteiger partial charge in [-0.2, -0.15) is 0 Å². The van der Waals surface area contributed by atoms with Crippen LogP contribution in [0.4, 0.5) is 8.78 Å². The molecule has 5 nitrogen and oxygen atoms in total.